The number of rotatable bonds is 10. The predicted molar refractivity (Wildman–Crippen MR) is 150 cm³/mol. The van der Waals surface area contributed by atoms with Crippen molar-refractivity contribution in [3.8, 4) is 0 Å². The number of hydrogen-bond donors (Lipinski definition) is 1. The standard InChI is InChI=1S/C28H29BrF3N3O4S/c1-19(2)33-27(37)20(3)34(17-21-12-14-23(29)15-13-21)26(36)18-35(40(38,39)25-10-5-4-6-11-25)24-9-7-8-22(16-24)28(30,31)32/h4-16,19-20H,17-18H2,1-3H3,(H,33,37)/t20-/m0/s1. The van der Waals surface area contributed by atoms with Crippen molar-refractivity contribution in [2.75, 3.05) is 10.8 Å². The first-order chi connectivity index (χ1) is 18.7. The summed E-state index contributed by atoms with van der Waals surface area (Å²) >= 11 is 3.34. The highest BCUT2D eigenvalue weighted by Crippen LogP contribution is 2.33. The van der Waals surface area contributed by atoms with Crippen LogP contribution < -0.4 is 9.62 Å². The Balaban J connectivity index is 2.07. The van der Waals surface area contributed by atoms with Crippen LogP contribution in [0.15, 0.2) is 88.2 Å². The minimum absolute atomic E-state index is 0.0411. The van der Waals surface area contributed by atoms with E-state index in [2.05, 4.69) is 21.2 Å². The zero-order chi connectivity index (χ0) is 29.7. The van der Waals surface area contributed by atoms with E-state index < -0.39 is 46.2 Å². The molecular weight excluding hydrogens is 611 g/mol. The van der Waals surface area contributed by atoms with Crippen LogP contribution in [0.25, 0.3) is 0 Å². The maximum absolute atomic E-state index is 13.8. The van der Waals surface area contributed by atoms with Gasteiger partial charge in [0.2, 0.25) is 11.8 Å². The number of anilines is 1. The van der Waals surface area contributed by atoms with E-state index in [1.54, 1.807) is 44.2 Å². The number of benzene rings is 3. The molecule has 1 N–H and O–H groups in total. The summed E-state index contributed by atoms with van der Waals surface area (Å²) in [6, 6.07) is 16.6. The number of alkyl halides is 3. The maximum atomic E-state index is 13.8. The Hall–Kier alpha value is -3.38. The molecule has 3 aromatic rings. The lowest BCUT2D eigenvalue weighted by Gasteiger charge is -2.32. The van der Waals surface area contributed by atoms with Crippen LogP contribution in [0.5, 0.6) is 0 Å². The quantitative estimate of drug-likeness (QED) is 0.313. The van der Waals surface area contributed by atoms with E-state index in [0.29, 0.717) is 15.9 Å². The summed E-state index contributed by atoms with van der Waals surface area (Å²) in [7, 11) is -4.48. The fraction of sp³-hybridized carbons (Fsp3) is 0.286. The van der Waals surface area contributed by atoms with E-state index in [9.17, 15) is 31.2 Å². The first-order valence-corrected chi connectivity index (χ1v) is 14.5. The van der Waals surface area contributed by atoms with E-state index >= 15 is 0 Å². The molecule has 214 valence electrons. The summed E-state index contributed by atoms with van der Waals surface area (Å²) in [5.41, 5.74) is -0.741. The minimum atomic E-state index is -4.74. The smallest absolute Gasteiger partial charge is 0.352 e. The van der Waals surface area contributed by atoms with Gasteiger partial charge in [0.1, 0.15) is 12.6 Å². The Labute approximate surface area is 240 Å². The van der Waals surface area contributed by atoms with E-state index in [4.69, 9.17) is 0 Å². The lowest BCUT2D eigenvalue weighted by Crippen LogP contribution is -2.52. The van der Waals surface area contributed by atoms with Crippen LogP contribution in [0, 0.1) is 0 Å². The van der Waals surface area contributed by atoms with Crippen molar-refractivity contribution >= 4 is 43.5 Å². The molecule has 0 heterocycles. The third-order valence-electron chi connectivity index (χ3n) is 5.94. The normalized spacial score (nSPS) is 12.6. The number of carbonyl (C=O) groups excluding carboxylic acids is 2. The molecule has 7 nitrogen and oxygen atoms in total. The van der Waals surface area contributed by atoms with Crippen LogP contribution in [0.1, 0.15) is 31.9 Å². The van der Waals surface area contributed by atoms with Crippen LogP contribution in [0.3, 0.4) is 0 Å². The summed E-state index contributed by atoms with van der Waals surface area (Å²) < 4.78 is 69.4. The molecule has 0 aliphatic carbocycles. The van der Waals surface area contributed by atoms with E-state index in [-0.39, 0.29) is 23.2 Å². The fourth-order valence-corrected chi connectivity index (χ4v) is 5.55. The highest BCUT2D eigenvalue weighted by molar-refractivity contribution is 9.10. The van der Waals surface area contributed by atoms with E-state index in [0.717, 1.165) is 16.6 Å². The number of amides is 2. The van der Waals surface area contributed by atoms with Crippen molar-refractivity contribution in [2.24, 2.45) is 0 Å². The van der Waals surface area contributed by atoms with Gasteiger partial charge in [0.25, 0.3) is 10.0 Å². The van der Waals surface area contributed by atoms with E-state index in [1.807, 2.05) is 0 Å². The van der Waals surface area contributed by atoms with Crippen LogP contribution in [0.2, 0.25) is 0 Å². The van der Waals surface area contributed by atoms with Crippen molar-refractivity contribution in [3.63, 3.8) is 0 Å². The van der Waals surface area contributed by atoms with Crippen molar-refractivity contribution in [1.29, 1.82) is 0 Å². The maximum Gasteiger partial charge on any atom is 0.416 e. The van der Waals surface area contributed by atoms with Gasteiger partial charge in [-0.05, 0) is 68.8 Å². The molecule has 0 aliphatic heterocycles. The monoisotopic (exact) mass is 639 g/mol. The van der Waals surface area contributed by atoms with E-state index in [1.165, 1.54) is 42.2 Å². The number of hydrogen-bond acceptors (Lipinski definition) is 4. The minimum Gasteiger partial charge on any atom is -0.352 e. The first-order valence-electron chi connectivity index (χ1n) is 12.3. The molecule has 3 aromatic carbocycles. The van der Waals surface area contributed by atoms with Gasteiger partial charge in [0, 0.05) is 17.1 Å². The number of nitrogens with one attached hydrogen (secondary N) is 1. The molecule has 0 fully saturated rings. The van der Waals surface area contributed by atoms with Gasteiger partial charge in [0.15, 0.2) is 0 Å². The Kier molecular flexibility index (Phi) is 10.0. The third kappa shape index (κ3) is 7.85. The van der Waals surface area contributed by atoms with Gasteiger partial charge in [-0.1, -0.05) is 52.3 Å². The molecule has 0 aliphatic rings. The largest absolute Gasteiger partial charge is 0.416 e. The second-order valence-corrected chi connectivity index (χ2v) is 12.1. The molecule has 0 bridgehead atoms. The molecule has 12 heteroatoms. The van der Waals surface area contributed by atoms with Gasteiger partial charge in [-0.2, -0.15) is 13.2 Å². The van der Waals surface area contributed by atoms with Crippen molar-refractivity contribution < 1.29 is 31.2 Å². The molecule has 1 atom stereocenters. The summed E-state index contributed by atoms with van der Waals surface area (Å²) in [5.74, 6) is -1.23. The molecule has 0 radical (unpaired) electrons. The van der Waals surface area contributed by atoms with Crippen molar-refractivity contribution in [2.45, 2.75) is 50.5 Å². The number of nitrogens with zero attached hydrogens (tertiary/aromatic N) is 2. The Morgan fingerprint density at radius 2 is 1.55 bits per heavy atom. The average molecular weight is 641 g/mol. The average Bonchev–Trinajstić information content (AvgIpc) is 2.90. The fourth-order valence-electron chi connectivity index (χ4n) is 3.86. The molecule has 2 amide bonds. The lowest BCUT2D eigenvalue weighted by atomic mass is 10.1. The second-order valence-electron chi connectivity index (χ2n) is 9.36. The van der Waals surface area contributed by atoms with Gasteiger partial charge in [0.05, 0.1) is 16.1 Å². The molecule has 0 aromatic heterocycles. The predicted octanol–water partition coefficient (Wildman–Crippen LogP) is 5.61. The van der Waals surface area contributed by atoms with Gasteiger partial charge in [-0.15, -0.1) is 0 Å². The zero-order valence-corrected chi connectivity index (χ0v) is 24.4. The Bertz CT molecular complexity index is 1430. The number of carbonyl (C=O) groups is 2. The highest BCUT2D eigenvalue weighted by atomic mass is 79.9. The van der Waals surface area contributed by atoms with Gasteiger partial charge < -0.3 is 10.2 Å². The van der Waals surface area contributed by atoms with Gasteiger partial charge in [-0.3, -0.25) is 13.9 Å². The summed E-state index contributed by atoms with van der Waals surface area (Å²) in [5, 5.41) is 2.74. The molecule has 0 saturated carbocycles. The molecule has 0 unspecified atom stereocenters. The SMILES string of the molecule is CC(C)NC(=O)[C@H](C)N(Cc1ccc(Br)cc1)C(=O)CN(c1cccc(C(F)(F)F)c1)S(=O)(=O)c1ccccc1. The molecule has 0 saturated heterocycles. The van der Waals surface area contributed by atoms with Gasteiger partial charge in [-0.25, -0.2) is 8.42 Å². The van der Waals surface area contributed by atoms with Gasteiger partial charge >= 0.3 is 6.18 Å². The summed E-state index contributed by atoms with van der Waals surface area (Å²) in [4.78, 5) is 27.7. The third-order valence-corrected chi connectivity index (χ3v) is 8.25. The number of halogens is 4. The molecule has 40 heavy (non-hydrogen) atoms. The van der Waals surface area contributed by atoms with Crippen LogP contribution in [-0.4, -0.2) is 43.8 Å². The lowest BCUT2D eigenvalue weighted by molar-refractivity contribution is -0.139. The number of sulfonamides is 1. The molecule has 3 rings (SSSR count). The Morgan fingerprint density at radius 3 is 2.12 bits per heavy atom. The highest BCUT2D eigenvalue weighted by Gasteiger charge is 2.35. The van der Waals surface area contributed by atoms with Crippen molar-refractivity contribution in [3.05, 3.63) is 94.5 Å². The van der Waals surface area contributed by atoms with Crippen LogP contribution in [0.4, 0.5) is 18.9 Å². The summed E-state index contributed by atoms with van der Waals surface area (Å²) in [6.07, 6.45) is -4.74. The molecular formula is C28H29BrF3N3O4S. The molecule has 0 spiro atoms. The van der Waals surface area contributed by atoms with Crippen LogP contribution in [-0.2, 0) is 32.3 Å². The Morgan fingerprint density at radius 1 is 0.925 bits per heavy atom. The zero-order valence-electron chi connectivity index (χ0n) is 22.0. The topological polar surface area (TPSA) is 86.8 Å². The first kappa shape index (κ1) is 31.2. The summed E-state index contributed by atoms with van der Waals surface area (Å²) in [6.45, 7) is 4.14. The van der Waals surface area contributed by atoms with Crippen molar-refractivity contribution in [1.82, 2.24) is 10.2 Å². The second kappa shape index (κ2) is 12.9. The van der Waals surface area contributed by atoms with Crippen LogP contribution >= 0.6 is 15.9 Å².